The van der Waals surface area contributed by atoms with Gasteiger partial charge in [0.15, 0.2) is 0 Å². The number of hydrogen-bond donors (Lipinski definition) is 6. The van der Waals surface area contributed by atoms with Crippen LogP contribution in [0.1, 0.15) is 78.6 Å². The molecule has 0 radical (unpaired) electrons. The molecular weight excluding hydrogens is 576 g/mol. The van der Waals surface area contributed by atoms with Crippen LogP contribution in [0.5, 0.6) is 0 Å². The molecule has 6 N–H and O–H groups in total. The summed E-state index contributed by atoms with van der Waals surface area (Å²) in [6, 6.07) is 0. The Hall–Kier alpha value is -0.860. The maximum atomic E-state index is 12.8. The van der Waals surface area contributed by atoms with E-state index in [0.717, 1.165) is 38.5 Å². The molecule has 12 atom stereocenters. The standard InChI is InChI=1S/C31H56N2O9S/c1-19(6-9-28(38)32-12-13-33(4,5)17-22(35)18-42-43(39,40)41)23-7-8-24-29-25(16-27(37)31(23,24)3)30(2)11-10-21(34)14-20(30)15-26(29)36/h19-27,29,34-37H,6-18H2,1-5H3,(H-,32,38,39,40,41)/p+1/t19-,20+,21-,22?,23-,24+,25+,26-,27+,29+,30+,31-/m1/s1. The highest BCUT2D eigenvalue weighted by Gasteiger charge is 2.65. The van der Waals surface area contributed by atoms with E-state index in [1.165, 1.54) is 0 Å². The molecular formula is C31H57N2O9S+. The largest absolute Gasteiger partial charge is 0.397 e. The molecule has 4 rings (SSSR count). The second-order valence-electron chi connectivity index (χ2n) is 15.6. The molecule has 0 bridgehead atoms. The van der Waals surface area contributed by atoms with E-state index in [0.29, 0.717) is 42.8 Å². The van der Waals surface area contributed by atoms with E-state index in [2.05, 4.69) is 30.3 Å². The number of aliphatic hydroxyl groups excluding tert-OH is 4. The predicted molar refractivity (Wildman–Crippen MR) is 161 cm³/mol. The van der Waals surface area contributed by atoms with Gasteiger partial charge in [-0.2, -0.15) is 8.42 Å². The summed E-state index contributed by atoms with van der Waals surface area (Å²) in [4.78, 5) is 12.8. The zero-order valence-electron chi connectivity index (χ0n) is 26.7. The number of carbonyl (C=O) groups excluding carboxylic acids is 1. The third kappa shape index (κ3) is 7.59. The van der Waals surface area contributed by atoms with Crippen molar-refractivity contribution in [1.82, 2.24) is 5.32 Å². The van der Waals surface area contributed by atoms with Gasteiger partial charge in [-0.3, -0.25) is 9.35 Å². The number of likely N-dealkylation sites (N-methyl/N-ethyl adjacent to an activating group) is 1. The quantitative estimate of drug-likeness (QED) is 0.138. The third-order valence-corrected chi connectivity index (χ3v) is 12.9. The van der Waals surface area contributed by atoms with Crippen LogP contribution in [0.3, 0.4) is 0 Å². The van der Waals surface area contributed by atoms with Crippen LogP contribution in [0.15, 0.2) is 0 Å². The first-order valence-electron chi connectivity index (χ1n) is 16.3. The van der Waals surface area contributed by atoms with Crippen LogP contribution in [0.25, 0.3) is 0 Å². The Morgan fingerprint density at radius 1 is 1.07 bits per heavy atom. The van der Waals surface area contributed by atoms with E-state index in [1.807, 2.05) is 14.1 Å². The first-order valence-corrected chi connectivity index (χ1v) is 17.7. The van der Waals surface area contributed by atoms with Crippen molar-refractivity contribution in [2.75, 3.05) is 40.3 Å². The Morgan fingerprint density at radius 3 is 2.44 bits per heavy atom. The fourth-order valence-electron chi connectivity index (χ4n) is 10.2. The molecule has 0 aromatic heterocycles. The van der Waals surface area contributed by atoms with Gasteiger partial charge in [0.1, 0.15) is 19.3 Å². The Labute approximate surface area is 257 Å². The molecule has 4 aliphatic rings. The zero-order valence-corrected chi connectivity index (χ0v) is 27.5. The Morgan fingerprint density at radius 2 is 1.77 bits per heavy atom. The molecule has 0 saturated heterocycles. The second-order valence-corrected chi connectivity index (χ2v) is 16.7. The first kappa shape index (κ1) is 35.0. The SMILES string of the molecule is C[C@H](CCC(=O)NCC[N+](C)(C)CC(O)COS(=O)(=O)O)[C@H]1CC[C@H]2[C@@H]3[C@H](O)C[C@@H]4C[C@H](O)CC[C@]4(C)[C@H]3C[C@H](O)[C@]12C. The van der Waals surface area contributed by atoms with E-state index >= 15 is 0 Å². The van der Waals surface area contributed by atoms with Crippen molar-refractivity contribution < 1.29 is 46.9 Å². The highest BCUT2D eigenvalue weighted by molar-refractivity contribution is 7.80. The normalized spacial score (nSPS) is 41.1. The number of quaternary nitrogens is 1. The number of nitrogens with zero attached hydrogens (tertiary/aromatic N) is 1. The maximum Gasteiger partial charge on any atom is 0.397 e. The van der Waals surface area contributed by atoms with Crippen molar-refractivity contribution in [2.45, 2.75) is 103 Å². The zero-order chi connectivity index (χ0) is 32.0. The second kappa shape index (κ2) is 13.1. The number of hydrogen-bond acceptors (Lipinski definition) is 8. The molecule has 0 aromatic carbocycles. The van der Waals surface area contributed by atoms with Gasteiger partial charge in [-0.05, 0) is 97.7 Å². The van der Waals surface area contributed by atoms with Crippen LogP contribution in [0, 0.1) is 46.3 Å². The van der Waals surface area contributed by atoms with Crippen molar-refractivity contribution in [3.63, 3.8) is 0 Å². The lowest BCUT2D eigenvalue weighted by atomic mass is 9.43. The van der Waals surface area contributed by atoms with Gasteiger partial charge in [0.2, 0.25) is 5.91 Å². The van der Waals surface area contributed by atoms with Gasteiger partial charge >= 0.3 is 10.4 Å². The molecule has 250 valence electrons. The van der Waals surface area contributed by atoms with Gasteiger partial charge < -0.3 is 30.2 Å². The molecule has 0 aliphatic heterocycles. The molecule has 1 amide bonds. The molecule has 0 spiro atoms. The van der Waals surface area contributed by atoms with Crippen LogP contribution in [-0.2, 0) is 19.4 Å². The fourth-order valence-corrected chi connectivity index (χ4v) is 10.5. The molecule has 0 heterocycles. The summed E-state index contributed by atoms with van der Waals surface area (Å²) >= 11 is 0. The topological polar surface area (TPSA) is 174 Å². The minimum atomic E-state index is -4.61. The molecule has 12 heteroatoms. The van der Waals surface area contributed by atoms with Crippen molar-refractivity contribution in [1.29, 1.82) is 0 Å². The Bertz CT molecular complexity index is 1090. The van der Waals surface area contributed by atoms with Crippen molar-refractivity contribution in [3.05, 3.63) is 0 Å². The number of aliphatic hydroxyl groups is 4. The number of nitrogens with one attached hydrogen (secondary N) is 1. The van der Waals surface area contributed by atoms with E-state index in [9.17, 15) is 33.6 Å². The van der Waals surface area contributed by atoms with E-state index in [4.69, 9.17) is 4.55 Å². The average molecular weight is 634 g/mol. The monoisotopic (exact) mass is 633 g/mol. The summed E-state index contributed by atoms with van der Waals surface area (Å²) in [6.07, 6.45) is 4.80. The lowest BCUT2D eigenvalue weighted by Crippen LogP contribution is -2.62. The average Bonchev–Trinajstić information content (AvgIpc) is 3.25. The van der Waals surface area contributed by atoms with Crippen LogP contribution < -0.4 is 5.32 Å². The van der Waals surface area contributed by atoms with Crippen LogP contribution in [0.4, 0.5) is 0 Å². The molecule has 4 aliphatic carbocycles. The number of amides is 1. The maximum absolute atomic E-state index is 12.8. The third-order valence-electron chi connectivity index (χ3n) is 12.5. The Kier molecular flexibility index (Phi) is 10.7. The lowest BCUT2D eigenvalue weighted by molar-refractivity contribution is -0.892. The molecule has 4 saturated carbocycles. The smallest absolute Gasteiger partial charge is 0.393 e. The summed E-state index contributed by atoms with van der Waals surface area (Å²) < 4.78 is 34.7. The number of carbonyl (C=O) groups is 1. The van der Waals surface area contributed by atoms with Crippen LogP contribution in [-0.4, -0.2) is 109 Å². The number of rotatable bonds is 12. The lowest BCUT2D eigenvalue weighted by Gasteiger charge is -2.63. The predicted octanol–water partition coefficient (Wildman–Crippen LogP) is 1.74. The molecule has 43 heavy (non-hydrogen) atoms. The van der Waals surface area contributed by atoms with Gasteiger partial charge in [-0.25, -0.2) is 4.18 Å². The van der Waals surface area contributed by atoms with Crippen molar-refractivity contribution in [2.24, 2.45) is 46.3 Å². The van der Waals surface area contributed by atoms with E-state index in [1.54, 1.807) is 0 Å². The van der Waals surface area contributed by atoms with Gasteiger partial charge in [-0.1, -0.05) is 20.8 Å². The molecule has 11 nitrogen and oxygen atoms in total. The van der Waals surface area contributed by atoms with Gasteiger partial charge in [-0.15, -0.1) is 0 Å². The summed E-state index contributed by atoms with van der Waals surface area (Å²) in [5.41, 5.74) is -0.247. The summed E-state index contributed by atoms with van der Waals surface area (Å²) in [5.74, 6) is 1.45. The number of fused-ring (bicyclic) bond motifs is 5. The summed E-state index contributed by atoms with van der Waals surface area (Å²) in [6.45, 7) is 7.33. The minimum absolute atomic E-state index is 0.0481. The van der Waals surface area contributed by atoms with Crippen LogP contribution in [0.2, 0.25) is 0 Å². The molecule has 4 fully saturated rings. The fraction of sp³-hybridized carbons (Fsp3) is 0.968. The van der Waals surface area contributed by atoms with Crippen molar-refractivity contribution >= 4 is 16.3 Å². The van der Waals surface area contributed by atoms with Gasteiger partial charge in [0, 0.05) is 6.42 Å². The van der Waals surface area contributed by atoms with E-state index in [-0.39, 0.29) is 59.0 Å². The molecule has 1 unspecified atom stereocenters. The van der Waals surface area contributed by atoms with Crippen LogP contribution >= 0.6 is 0 Å². The van der Waals surface area contributed by atoms with E-state index < -0.39 is 35.3 Å². The summed E-state index contributed by atoms with van der Waals surface area (Å²) in [7, 11) is -0.908. The first-order chi connectivity index (χ1) is 19.9. The highest BCUT2D eigenvalue weighted by atomic mass is 32.3. The molecule has 0 aromatic rings. The van der Waals surface area contributed by atoms with Crippen molar-refractivity contribution in [3.8, 4) is 0 Å². The minimum Gasteiger partial charge on any atom is -0.393 e. The summed E-state index contributed by atoms with van der Waals surface area (Å²) in [5, 5.41) is 46.6. The van der Waals surface area contributed by atoms with Gasteiger partial charge in [0.05, 0.1) is 45.5 Å². The highest BCUT2D eigenvalue weighted by Crippen LogP contribution is 2.68. The van der Waals surface area contributed by atoms with Gasteiger partial charge in [0.25, 0.3) is 0 Å². The Balaban J connectivity index is 1.28.